The second-order valence-corrected chi connectivity index (χ2v) is 10.8. The Labute approximate surface area is 216 Å². The van der Waals surface area contributed by atoms with Gasteiger partial charge in [0.15, 0.2) is 0 Å². The van der Waals surface area contributed by atoms with Crippen molar-refractivity contribution in [2.75, 3.05) is 23.7 Å². The van der Waals surface area contributed by atoms with Crippen LogP contribution in [-0.4, -0.2) is 50.5 Å². The second-order valence-electron chi connectivity index (χ2n) is 8.08. The number of hydrogen-bond donors (Lipinski definition) is 1. The Balaban J connectivity index is 2.41. The molecule has 0 radical (unpaired) electrons. The number of unbranched alkanes of at least 4 members (excludes halogenated alkanes) is 1. The van der Waals surface area contributed by atoms with Gasteiger partial charge in [-0.1, -0.05) is 55.6 Å². The molecule has 192 valence electrons. The maximum absolute atomic E-state index is 13.5. The molecule has 2 rings (SSSR count). The summed E-state index contributed by atoms with van der Waals surface area (Å²) in [4.78, 5) is 27.8. The van der Waals surface area contributed by atoms with Crippen LogP contribution in [0.5, 0.6) is 0 Å². The van der Waals surface area contributed by atoms with E-state index < -0.39 is 34.3 Å². The third-order valence-electron chi connectivity index (χ3n) is 5.35. The summed E-state index contributed by atoms with van der Waals surface area (Å²) in [5.74, 6) is -1.36. The van der Waals surface area contributed by atoms with E-state index in [2.05, 4.69) is 5.32 Å². The molecule has 0 bridgehead atoms. The minimum absolute atomic E-state index is 0.00219. The molecule has 0 saturated heterocycles. The normalized spacial score (nSPS) is 12.2. The van der Waals surface area contributed by atoms with E-state index in [9.17, 15) is 22.4 Å². The summed E-state index contributed by atoms with van der Waals surface area (Å²) in [5, 5.41) is 3.21. The maximum Gasteiger partial charge on any atom is 0.244 e. The Hall–Kier alpha value is -2.36. The van der Waals surface area contributed by atoms with Crippen molar-refractivity contribution >= 4 is 50.7 Å². The highest BCUT2D eigenvalue weighted by Gasteiger charge is 2.31. The summed E-state index contributed by atoms with van der Waals surface area (Å²) < 4.78 is 39.5. The van der Waals surface area contributed by atoms with Gasteiger partial charge in [0.25, 0.3) is 0 Å². The van der Waals surface area contributed by atoms with Crippen LogP contribution in [0.1, 0.15) is 38.7 Å². The third-order valence-corrected chi connectivity index (χ3v) is 7.23. The average Bonchev–Trinajstić information content (AvgIpc) is 2.80. The quantitative estimate of drug-likeness (QED) is 0.394. The van der Waals surface area contributed by atoms with Crippen molar-refractivity contribution < 1.29 is 22.4 Å². The van der Waals surface area contributed by atoms with Crippen LogP contribution in [0.3, 0.4) is 0 Å². The second kappa shape index (κ2) is 13.1. The summed E-state index contributed by atoms with van der Waals surface area (Å²) in [5.41, 5.74) is 0.762. The molecule has 0 saturated carbocycles. The monoisotopic (exact) mass is 545 g/mol. The molecule has 1 atom stereocenters. The van der Waals surface area contributed by atoms with Crippen LogP contribution in [0.4, 0.5) is 10.1 Å². The first kappa shape index (κ1) is 28.9. The van der Waals surface area contributed by atoms with E-state index in [0.717, 1.165) is 23.4 Å². The fourth-order valence-electron chi connectivity index (χ4n) is 3.47. The first-order valence-corrected chi connectivity index (χ1v) is 13.8. The molecule has 0 fully saturated rings. The number of carbonyl (C=O) groups is 2. The molecule has 0 aromatic heterocycles. The molecule has 1 N–H and O–H groups in total. The zero-order chi connectivity index (χ0) is 26.2. The molecule has 0 heterocycles. The zero-order valence-corrected chi connectivity index (χ0v) is 22.3. The van der Waals surface area contributed by atoms with Crippen LogP contribution in [0.25, 0.3) is 0 Å². The summed E-state index contributed by atoms with van der Waals surface area (Å²) in [7, 11) is -3.89. The van der Waals surface area contributed by atoms with E-state index in [4.69, 9.17) is 23.2 Å². The predicted molar refractivity (Wildman–Crippen MR) is 138 cm³/mol. The van der Waals surface area contributed by atoms with Gasteiger partial charge in [0.1, 0.15) is 18.4 Å². The molecule has 11 heteroatoms. The first-order chi connectivity index (χ1) is 16.5. The molecule has 1 unspecified atom stereocenters. The minimum Gasteiger partial charge on any atom is -0.354 e. The highest BCUT2D eigenvalue weighted by Crippen LogP contribution is 2.28. The van der Waals surface area contributed by atoms with Gasteiger partial charge >= 0.3 is 0 Å². The van der Waals surface area contributed by atoms with Gasteiger partial charge in [0.05, 0.1) is 22.0 Å². The summed E-state index contributed by atoms with van der Waals surface area (Å²) in [6, 6.07) is 8.96. The number of carbonyl (C=O) groups excluding carboxylic acids is 2. The van der Waals surface area contributed by atoms with Crippen LogP contribution in [0.2, 0.25) is 10.0 Å². The summed E-state index contributed by atoms with van der Waals surface area (Å²) >= 11 is 12.0. The topological polar surface area (TPSA) is 86.8 Å². The number of nitrogens with zero attached hydrogens (tertiary/aromatic N) is 2. The zero-order valence-electron chi connectivity index (χ0n) is 19.9. The highest BCUT2D eigenvalue weighted by molar-refractivity contribution is 7.92. The van der Waals surface area contributed by atoms with Crippen molar-refractivity contribution in [2.45, 2.75) is 45.7 Å². The Bertz CT molecular complexity index is 1130. The van der Waals surface area contributed by atoms with Crippen LogP contribution >= 0.6 is 23.2 Å². The van der Waals surface area contributed by atoms with E-state index >= 15 is 0 Å². The molecular formula is C24H30Cl2FN3O4S. The predicted octanol–water partition coefficient (Wildman–Crippen LogP) is 4.62. The number of amides is 2. The van der Waals surface area contributed by atoms with Crippen LogP contribution in [-0.2, 0) is 26.2 Å². The number of nitrogens with one attached hydrogen (secondary N) is 1. The maximum atomic E-state index is 13.5. The van der Waals surface area contributed by atoms with Crippen molar-refractivity contribution in [3.05, 3.63) is 63.9 Å². The lowest BCUT2D eigenvalue weighted by molar-refractivity contribution is -0.140. The van der Waals surface area contributed by atoms with Crippen molar-refractivity contribution in [3.8, 4) is 0 Å². The number of sulfonamides is 1. The Kier molecular flexibility index (Phi) is 10.8. The Morgan fingerprint density at radius 2 is 1.71 bits per heavy atom. The van der Waals surface area contributed by atoms with Crippen LogP contribution in [0.15, 0.2) is 42.5 Å². The van der Waals surface area contributed by atoms with E-state index in [1.165, 1.54) is 47.4 Å². The van der Waals surface area contributed by atoms with Gasteiger partial charge in [0.2, 0.25) is 21.8 Å². The lowest BCUT2D eigenvalue weighted by Gasteiger charge is -2.33. The van der Waals surface area contributed by atoms with E-state index in [1.54, 1.807) is 6.92 Å². The van der Waals surface area contributed by atoms with Crippen molar-refractivity contribution in [2.24, 2.45) is 0 Å². The number of halogens is 3. The molecule has 2 aromatic rings. The molecule has 7 nitrogen and oxygen atoms in total. The molecule has 0 spiro atoms. The Morgan fingerprint density at radius 1 is 1.06 bits per heavy atom. The van der Waals surface area contributed by atoms with Crippen molar-refractivity contribution in [3.63, 3.8) is 0 Å². The smallest absolute Gasteiger partial charge is 0.244 e. The molecular weight excluding hydrogens is 516 g/mol. The van der Waals surface area contributed by atoms with Gasteiger partial charge in [-0.15, -0.1) is 0 Å². The largest absolute Gasteiger partial charge is 0.354 e. The van der Waals surface area contributed by atoms with Gasteiger partial charge in [-0.25, -0.2) is 12.8 Å². The third kappa shape index (κ3) is 8.37. The fourth-order valence-corrected chi connectivity index (χ4v) is 4.60. The van der Waals surface area contributed by atoms with E-state index in [0.29, 0.717) is 18.5 Å². The summed E-state index contributed by atoms with van der Waals surface area (Å²) in [6.07, 6.45) is 2.95. The lowest BCUT2D eigenvalue weighted by atomic mass is 10.1. The van der Waals surface area contributed by atoms with Gasteiger partial charge in [-0.3, -0.25) is 13.9 Å². The average molecular weight is 546 g/mol. The molecule has 0 aliphatic heterocycles. The fraction of sp³-hybridized carbons (Fsp3) is 0.417. The number of anilines is 1. The number of rotatable bonds is 12. The number of hydrogen-bond acceptors (Lipinski definition) is 4. The van der Waals surface area contributed by atoms with Crippen molar-refractivity contribution in [1.29, 1.82) is 0 Å². The van der Waals surface area contributed by atoms with Crippen LogP contribution in [0, 0.1) is 5.82 Å². The number of benzene rings is 2. The SMILES string of the molecule is CCCCNC(=O)C(CC)N(Cc1ccc(F)cc1)C(=O)CN(c1ccc(Cl)c(Cl)c1)S(C)(=O)=O. The Morgan fingerprint density at radius 3 is 2.26 bits per heavy atom. The molecule has 0 aliphatic rings. The van der Waals surface area contributed by atoms with Gasteiger partial charge < -0.3 is 10.2 Å². The standard InChI is InChI=1S/C24H30Cl2FN3O4S/c1-4-6-13-28-24(32)22(5-2)29(15-17-7-9-18(27)10-8-17)23(31)16-30(35(3,33)34)19-11-12-20(25)21(26)14-19/h7-12,14,22H,4-6,13,15-16H2,1-3H3,(H,28,32). The minimum atomic E-state index is -3.89. The summed E-state index contributed by atoms with van der Waals surface area (Å²) in [6.45, 7) is 3.66. The lowest BCUT2D eigenvalue weighted by Crippen LogP contribution is -2.52. The first-order valence-electron chi connectivity index (χ1n) is 11.2. The molecule has 2 aromatic carbocycles. The molecule has 35 heavy (non-hydrogen) atoms. The van der Waals surface area contributed by atoms with Gasteiger partial charge in [-0.05, 0) is 48.7 Å². The van der Waals surface area contributed by atoms with Crippen LogP contribution < -0.4 is 9.62 Å². The van der Waals surface area contributed by atoms with Crippen molar-refractivity contribution in [1.82, 2.24) is 10.2 Å². The van der Waals surface area contributed by atoms with E-state index in [1.807, 2.05) is 6.92 Å². The highest BCUT2D eigenvalue weighted by atomic mass is 35.5. The van der Waals surface area contributed by atoms with E-state index in [-0.39, 0.29) is 28.2 Å². The molecule has 0 aliphatic carbocycles. The van der Waals surface area contributed by atoms with Gasteiger partial charge in [-0.2, -0.15) is 0 Å². The van der Waals surface area contributed by atoms with Gasteiger partial charge in [0, 0.05) is 13.1 Å². The molecule has 2 amide bonds.